The number of morpholine rings is 1. The van der Waals surface area contributed by atoms with Crippen molar-refractivity contribution in [2.24, 2.45) is 0 Å². The smallest absolute Gasteiger partial charge is 0.319 e. The lowest BCUT2D eigenvalue weighted by Gasteiger charge is -2.41. The summed E-state index contributed by atoms with van der Waals surface area (Å²) in [5.74, 6) is -0.574. The van der Waals surface area contributed by atoms with E-state index < -0.39 is 11.6 Å². The van der Waals surface area contributed by atoms with E-state index in [2.05, 4.69) is 65.4 Å². The fourth-order valence-corrected chi connectivity index (χ4v) is 10.6. The number of imide groups is 1. The summed E-state index contributed by atoms with van der Waals surface area (Å²) in [5, 5.41) is 21.2. The normalized spacial score (nSPS) is 23.0. The van der Waals surface area contributed by atoms with Crippen molar-refractivity contribution in [3.63, 3.8) is 0 Å². The van der Waals surface area contributed by atoms with E-state index in [9.17, 15) is 23.9 Å². The number of rotatable bonds is 8. The van der Waals surface area contributed by atoms with Crippen molar-refractivity contribution in [1.82, 2.24) is 25.3 Å². The topological polar surface area (TPSA) is 173 Å². The molecule has 16 nitrogen and oxygen atoms in total. The zero-order chi connectivity index (χ0) is 44.1. The Morgan fingerprint density at radius 2 is 1.64 bits per heavy atom. The molecular formula is C47H55FN10O6. The van der Waals surface area contributed by atoms with E-state index in [4.69, 9.17) is 15.2 Å². The van der Waals surface area contributed by atoms with Crippen LogP contribution in [0.5, 0.6) is 11.5 Å². The molecule has 7 aliphatic rings. The van der Waals surface area contributed by atoms with Crippen molar-refractivity contribution >= 4 is 46.4 Å². The van der Waals surface area contributed by atoms with Gasteiger partial charge in [-0.15, -0.1) is 10.2 Å². The predicted octanol–water partition coefficient (Wildman–Crippen LogP) is 4.40. The van der Waals surface area contributed by atoms with Crippen LogP contribution in [0.2, 0.25) is 0 Å². The Morgan fingerprint density at radius 1 is 0.859 bits per heavy atom. The highest BCUT2D eigenvalue weighted by molar-refractivity contribution is 6.02. The first-order chi connectivity index (χ1) is 31.1. The number of nitrogens with one attached hydrogen (secondary N) is 1. The minimum absolute atomic E-state index is 0.00272. The number of fused-ring (bicyclic) bond motifs is 5. The van der Waals surface area contributed by atoms with Crippen LogP contribution in [0.25, 0.3) is 11.3 Å². The molecule has 2 bridgehead atoms. The number of hydrogen-bond acceptors (Lipinski definition) is 13. The van der Waals surface area contributed by atoms with Crippen LogP contribution in [0.4, 0.5) is 37.8 Å². The molecule has 3 aromatic carbocycles. The number of phenols is 1. The lowest BCUT2D eigenvalue weighted by molar-refractivity contribution is -0.134. The predicted molar refractivity (Wildman–Crippen MR) is 240 cm³/mol. The second-order valence-corrected chi connectivity index (χ2v) is 17.9. The van der Waals surface area contributed by atoms with Gasteiger partial charge in [0.05, 0.1) is 30.1 Å². The number of likely N-dealkylation sites (tertiary alicyclic amines) is 1. The summed E-state index contributed by atoms with van der Waals surface area (Å²) in [4.78, 5) is 51.3. The molecule has 1 unspecified atom stereocenters. The first kappa shape index (κ1) is 41.6. The van der Waals surface area contributed by atoms with Gasteiger partial charge in [0.15, 0.2) is 17.4 Å². The van der Waals surface area contributed by atoms with Crippen molar-refractivity contribution < 1.29 is 33.4 Å². The van der Waals surface area contributed by atoms with Crippen LogP contribution in [0, 0.1) is 5.82 Å². The Hall–Kier alpha value is -6.36. The van der Waals surface area contributed by atoms with E-state index in [1.807, 2.05) is 29.0 Å². The second-order valence-electron chi connectivity index (χ2n) is 17.9. The van der Waals surface area contributed by atoms with Gasteiger partial charge in [-0.3, -0.25) is 14.9 Å². The van der Waals surface area contributed by atoms with E-state index in [0.717, 1.165) is 68.9 Å². The van der Waals surface area contributed by atoms with Gasteiger partial charge >= 0.3 is 6.03 Å². The Morgan fingerprint density at radius 3 is 2.45 bits per heavy atom. The molecule has 7 aliphatic heterocycles. The number of nitrogens with two attached hydrogens (primary N) is 1. The summed E-state index contributed by atoms with van der Waals surface area (Å²) in [5.41, 5.74) is 12.2. The van der Waals surface area contributed by atoms with Crippen molar-refractivity contribution in [2.75, 3.05) is 91.3 Å². The van der Waals surface area contributed by atoms with Crippen LogP contribution in [0.15, 0.2) is 66.7 Å². The lowest BCUT2D eigenvalue weighted by atomic mass is 10.0. The van der Waals surface area contributed by atoms with E-state index in [1.165, 1.54) is 23.4 Å². The maximum Gasteiger partial charge on any atom is 0.319 e. The molecule has 0 saturated carbocycles. The monoisotopic (exact) mass is 874 g/mol. The zero-order valence-electron chi connectivity index (χ0n) is 36.1. The number of anilines is 5. The highest BCUT2D eigenvalue weighted by Gasteiger charge is 2.39. The molecule has 0 spiro atoms. The number of nitrogen functional groups attached to an aromatic ring is 1. The molecule has 336 valence electrons. The van der Waals surface area contributed by atoms with Crippen LogP contribution in [-0.4, -0.2) is 139 Å². The molecule has 17 heteroatoms. The molecule has 11 rings (SSSR count). The molecule has 4 amide bonds. The minimum atomic E-state index is -0.731. The zero-order valence-corrected chi connectivity index (χ0v) is 36.1. The van der Waals surface area contributed by atoms with Gasteiger partial charge in [0.2, 0.25) is 11.8 Å². The highest BCUT2D eigenvalue weighted by atomic mass is 19.1. The molecule has 6 fully saturated rings. The number of aromatic hydroxyl groups is 1. The quantitative estimate of drug-likeness (QED) is 0.213. The highest BCUT2D eigenvalue weighted by Crippen LogP contribution is 2.40. The molecule has 6 saturated heterocycles. The van der Waals surface area contributed by atoms with Crippen LogP contribution in [0.1, 0.15) is 44.1 Å². The SMILES string of the molecule is CN(C(=O)N1CCC(Oc2cccc(N3CC4CN(c5cc(-c6cccc(F)c6O)nnc5N)C[C@H]3CO4)c2)CC1)C1CCN(c2cccc3c2CCN3[C@@H]2CCC(=O)NC2=O)CC1. The second kappa shape index (κ2) is 17.3. The Balaban J connectivity index is 0.719. The maximum atomic E-state index is 14.2. The van der Waals surface area contributed by atoms with Crippen molar-refractivity contribution in [3.05, 3.63) is 78.1 Å². The van der Waals surface area contributed by atoms with Gasteiger partial charge in [0.1, 0.15) is 17.9 Å². The number of phenolic OH excluding ortho intramolecular Hbond substituents is 1. The molecule has 1 aromatic heterocycles. The Bertz CT molecular complexity index is 2420. The van der Waals surface area contributed by atoms with Gasteiger partial charge in [0.25, 0.3) is 0 Å². The number of carbonyl (C=O) groups excluding carboxylic acids is 3. The first-order valence-corrected chi connectivity index (χ1v) is 22.6. The van der Waals surface area contributed by atoms with Crippen LogP contribution < -0.4 is 35.4 Å². The van der Waals surface area contributed by atoms with Gasteiger partial charge in [0, 0.05) is 119 Å². The maximum absolute atomic E-state index is 14.2. The summed E-state index contributed by atoms with van der Waals surface area (Å²) in [6.45, 7) is 6.09. The number of para-hydroxylation sites is 1. The van der Waals surface area contributed by atoms with Crippen molar-refractivity contribution in [2.45, 2.75) is 75.3 Å². The number of aromatic nitrogens is 2. The number of carbonyl (C=O) groups is 3. The molecule has 8 heterocycles. The van der Waals surface area contributed by atoms with Crippen LogP contribution >= 0.6 is 0 Å². The van der Waals surface area contributed by atoms with Crippen molar-refractivity contribution in [3.8, 4) is 22.8 Å². The largest absolute Gasteiger partial charge is 0.504 e. The van der Waals surface area contributed by atoms with Gasteiger partial charge in [-0.05, 0) is 68.1 Å². The standard InChI is InChI=1S/C47H55FN10O6/c1-53(29-13-18-54(19-14-29)39-9-4-10-40-36(39)17-22-57(40)41-11-12-43(59)50-46(41)61)47(62)55-20-15-32(16-21-55)64-33-6-2-5-30(23-33)58-27-34-26-56(25-31(58)28-63-34)42-24-38(51-52-45(42)49)35-7-3-8-37(48)44(35)60/h2-10,23-24,29,31-32,34,41,60H,11-22,25-28H2,1H3,(H2,49,52)(H,50,59,61)/t31-,34?,41+/m0/s1. The lowest BCUT2D eigenvalue weighted by Crippen LogP contribution is -2.52. The minimum Gasteiger partial charge on any atom is -0.504 e. The molecule has 0 radical (unpaired) electrons. The summed E-state index contributed by atoms with van der Waals surface area (Å²) in [6.07, 6.45) is 4.87. The van der Waals surface area contributed by atoms with Crippen molar-refractivity contribution in [1.29, 1.82) is 0 Å². The summed E-state index contributed by atoms with van der Waals surface area (Å²) in [7, 11) is 1.94. The molecule has 4 N–H and O–H groups in total. The van der Waals surface area contributed by atoms with Gasteiger partial charge in [-0.25, -0.2) is 9.18 Å². The first-order valence-electron chi connectivity index (χ1n) is 22.6. The molecule has 0 aliphatic carbocycles. The average molecular weight is 875 g/mol. The fraction of sp³-hybridized carbons (Fsp3) is 0.468. The number of amides is 4. The van der Waals surface area contributed by atoms with Crippen LogP contribution in [0.3, 0.4) is 0 Å². The van der Waals surface area contributed by atoms with E-state index >= 15 is 0 Å². The van der Waals surface area contributed by atoms with Crippen LogP contribution in [-0.2, 0) is 20.7 Å². The third-order valence-electron chi connectivity index (χ3n) is 14.1. The van der Waals surface area contributed by atoms with Gasteiger partial charge < -0.3 is 49.7 Å². The van der Waals surface area contributed by atoms with Gasteiger partial charge in [-0.2, -0.15) is 0 Å². The third-order valence-corrected chi connectivity index (χ3v) is 14.1. The summed E-state index contributed by atoms with van der Waals surface area (Å²) >= 11 is 0. The number of halogens is 1. The molecule has 3 atom stereocenters. The molecule has 64 heavy (non-hydrogen) atoms. The average Bonchev–Trinajstić information content (AvgIpc) is 3.52. The number of benzene rings is 3. The summed E-state index contributed by atoms with van der Waals surface area (Å²) in [6, 6.07) is 20.5. The van der Waals surface area contributed by atoms with E-state index in [-0.39, 0.29) is 59.6 Å². The molecule has 4 aromatic rings. The Kier molecular flexibility index (Phi) is 11.3. The summed E-state index contributed by atoms with van der Waals surface area (Å²) < 4.78 is 27.0. The third kappa shape index (κ3) is 8.05. The molecular weight excluding hydrogens is 820 g/mol. The fourth-order valence-electron chi connectivity index (χ4n) is 10.6. The number of ether oxygens (including phenoxy) is 2. The number of urea groups is 1. The number of hydrogen-bond donors (Lipinski definition) is 3. The Labute approximate surface area is 371 Å². The number of piperidine rings is 3. The number of nitrogens with zero attached hydrogens (tertiary/aromatic N) is 8. The van der Waals surface area contributed by atoms with E-state index in [1.54, 1.807) is 12.1 Å². The van der Waals surface area contributed by atoms with Gasteiger partial charge in [-0.1, -0.05) is 18.2 Å². The van der Waals surface area contributed by atoms with E-state index in [0.29, 0.717) is 63.6 Å².